The van der Waals surface area contributed by atoms with E-state index in [0.29, 0.717) is 19.3 Å². The van der Waals surface area contributed by atoms with Crippen molar-refractivity contribution in [2.75, 3.05) is 13.2 Å². The number of unbranched alkanes of at least 4 members (excludes halogenated alkanes) is 27. The fraction of sp³-hybridized carbons (Fsp3) is 0.764. The van der Waals surface area contributed by atoms with Crippen LogP contribution in [0.4, 0.5) is 0 Å². The Morgan fingerprint density at radius 3 is 1.05 bits per heavy atom. The lowest BCUT2D eigenvalue weighted by molar-refractivity contribution is -0.167. The maximum absolute atomic E-state index is 12.8. The van der Waals surface area contributed by atoms with Crippen molar-refractivity contribution in [3.8, 4) is 0 Å². The Bertz CT molecular complexity index is 1120. The van der Waals surface area contributed by atoms with Gasteiger partial charge in [0.05, 0.1) is 0 Å². The molecule has 0 radical (unpaired) electrons. The first-order valence-electron chi connectivity index (χ1n) is 25.8. The van der Waals surface area contributed by atoms with Crippen molar-refractivity contribution in [3.05, 3.63) is 60.8 Å². The standard InChI is InChI=1S/C55H96O6/c1-4-7-10-13-16-19-22-25-27-28-31-33-36-39-42-45-48-54(57)60-51-52(50-59-53(56)47-44-41-38-35-32-29-24-21-18-15-12-9-6-3)61-55(58)49-46-43-40-37-34-30-26-23-20-17-14-11-8-5-2/h9,12,15,18,21,24,27-28,30,34,52H,4-8,10-11,13-14,16-17,19-20,22-23,25-26,29,31-33,35-51H2,1-3H3/b12-9-,18-15-,24-21-,28-27-,34-30-. The molecule has 0 aliphatic heterocycles. The Kier molecular flexibility index (Phi) is 47.4. The van der Waals surface area contributed by atoms with Crippen LogP contribution in [0.25, 0.3) is 0 Å². The normalized spacial score (nSPS) is 12.5. The molecule has 0 spiro atoms. The highest BCUT2D eigenvalue weighted by atomic mass is 16.6. The molecule has 0 aromatic rings. The summed E-state index contributed by atoms with van der Waals surface area (Å²) in [6.45, 7) is 6.47. The van der Waals surface area contributed by atoms with Crippen LogP contribution < -0.4 is 0 Å². The number of hydrogen-bond acceptors (Lipinski definition) is 6. The summed E-state index contributed by atoms with van der Waals surface area (Å²) in [7, 11) is 0. The summed E-state index contributed by atoms with van der Waals surface area (Å²) in [4.78, 5) is 37.9. The van der Waals surface area contributed by atoms with Crippen molar-refractivity contribution in [2.24, 2.45) is 0 Å². The Morgan fingerprint density at radius 2 is 0.656 bits per heavy atom. The van der Waals surface area contributed by atoms with Gasteiger partial charge in [-0.05, 0) is 89.9 Å². The summed E-state index contributed by atoms with van der Waals surface area (Å²) in [6, 6.07) is 0. The number of esters is 3. The van der Waals surface area contributed by atoms with Crippen molar-refractivity contribution in [2.45, 2.75) is 258 Å². The summed E-state index contributed by atoms with van der Waals surface area (Å²) in [6.07, 6.45) is 60.6. The quantitative estimate of drug-likeness (QED) is 0.0200. The minimum atomic E-state index is -0.792. The Morgan fingerprint density at radius 1 is 0.344 bits per heavy atom. The smallest absolute Gasteiger partial charge is 0.306 e. The SMILES string of the molecule is CC\C=C/C=C\C=C/CCCCCCCC(=O)OCC(COC(=O)CCCCCCC/C=C\CCCCCCCCC)OC(=O)CCCCC/C=C\CCCCCCCCC. The van der Waals surface area contributed by atoms with Crippen molar-refractivity contribution in [3.63, 3.8) is 0 Å². The van der Waals surface area contributed by atoms with E-state index in [4.69, 9.17) is 14.2 Å². The van der Waals surface area contributed by atoms with Crippen molar-refractivity contribution in [1.82, 2.24) is 0 Å². The molecule has 1 atom stereocenters. The molecule has 0 bridgehead atoms. The van der Waals surface area contributed by atoms with Gasteiger partial charge in [-0.1, -0.05) is 204 Å². The second-order valence-electron chi connectivity index (χ2n) is 17.1. The minimum Gasteiger partial charge on any atom is -0.462 e. The first kappa shape index (κ1) is 58.1. The predicted molar refractivity (Wildman–Crippen MR) is 261 cm³/mol. The van der Waals surface area contributed by atoms with E-state index in [1.165, 1.54) is 109 Å². The molecule has 0 fully saturated rings. The van der Waals surface area contributed by atoms with E-state index in [9.17, 15) is 14.4 Å². The molecule has 0 saturated carbocycles. The van der Waals surface area contributed by atoms with E-state index in [1.807, 2.05) is 0 Å². The fourth-order valence-electron chi connectivity index (χ4n) is 7.14. The number of allylic oxidation sites excluding steroid dienone is 10. The maximum atomic E-state index is 12.8. The molecule has 0 aromatic carbocycles. The lowest BCUT2D eigenvalue weighted by Crippen LogP contribution is -2.30. The number of ether oxygens (including phenoxy) is 3. The first-order chi connectivity index (χ1) is 30.0. The zero-order valence-electron chi connectivity index (χ0n) is 40.2. The largest absolute Gasteiger partial charge is 0.462 e. The number of hydrogen-bond donors (Lipinski definition) is 0. The molecule has 1 unspecified atom stereocenters. The summed E-state index contributed by atoms with van der Waals surface area (Å²) < 4.78 is 16.8. The molecule has 0 heterocycles. The Hall–Kier alpha value is -2.89. The van der Waals surface area contributed by atoms with Gasteiger partial charge in [-0.25, -0.2) is 0 Å². The minimum absolute atomic E-state index is 0.0910. The highest BCUT2D eigenvalue weighted by Crippen LogP contribution is 2.14. The third-order valence-corrected chi connectivity index (χ3v) is 11.0. The summed E-state index contributed by atoms with van der Waals surface area (Å²) in [5.74, 6) is -0.932. The van der Waals surface area contributed by atoms with Crippen LogP contribution in [-0.2, 0) is 28.6 Å². The van der Waals surface area contributed by atoms with Gasteiger partial charge in [0, 0.05) is 19.3 Å². The van der Waals surface area contributed by atoms with Crippen LogP contribution in [0.1, 0.15) is 252 Å². The van der Waals surface area contributed by atoms with Gasteiger partial charge in [0.2, 0.25) is 0 Å². The molecular weight excluding hydrogens is 757 g/mol. The van der Waals surface area contributed by atoms with E-state index in [1.54, 1.807) is 0 Å². The van der Waals surface area contributed by atoms with Gasteiger partial charge in [0.25, 0.3) is 0 Å². The average molecular weight is 853 g/mol. The van der Waals surface area contributed by atoms with E-state index < -0.39 is 6.10 Å². The van der Waals surface area contributed by atoms with E-state index in [-0.39, 0.29) is 31.1 Å². The van der Waals surface area contributed by atoms with Crippen LogP contribution in [0.15, 0.2) is 60.8 Å². The van der Waals surface area contributed by atoms with Gasteiger partial charge in [-0.3, -0.25) is 14.4 Å². The second-order valence-corrected chi connectivity index (χ2v) is 17.1. The van der Waals surface area contributed by atoms with Gasteiger partial charge in [0.15, 0.2) is 6.10 Å². The first-order valence-corrected chi connectivity index (χ1v) is 25.8. The van der Waals surface area contributed by atoms with Crippen LogP contribution in [0.2, 0.25) is 0 Å². The molecule has 6 heteroatoms. The van der Waals surface area contributed by atoms with Crippen LogP contribution in [-0.4, -0.2) is 37.2 Å². The molecule has 0 aromatic heterocycles. The fourth-order valence-corrected chi connectivity index (χ4v) is 7.14. The van der Waals surface area contributed by atoms with Gasteiger partial charge in [-0.2, -0.15) is 0 Å². The highest BCUT2D eigenvalue weighted by Gasteiger charge is 2.19. The summed E-state index contributed by atoms with van der Waals surface area (Å²) >= 11 is 0. The molecule has 0 amide bonds. The summed E-state index contributed by atoms with van der Waals surface area (Å²) in [5.41, 5.74) is 0. The van der Waals surface area contributed by atoms with Gasteiger partial charge in [-0.15, -0.1) is 0 Å². The van der Waals surface area contributed by atoms with E-state index in [2.05, 4.69) is 81.5 Å². The van der Waals surface area contributed by atoms with Gasteiger partial charge >= 0.3 is 17.9 Å². The topological polar surface area (TPSA) is 78.9 Å². The lowest BCUT2D eigenvalue weighted by Gasteiger charge is -2.18. The zero-order valence-corrected chi connectivity index (χ0v) is 40.2. The van der Waals surface area contributed by atoms with Crippen LogP contribution in [0.5, 0.6) is 0 Å². The van der Waals surface area contributed by atoms with E-state index >= 15 is 0 Å². The second kappa shape index (κ2) is 49.8. The molecule has 6 nitrogen and oxygen atoms in total. The Labute approximate surface area is 377 Å². The monoisotopic (exact) mass is 853 g/mol. The van der Waals surface area contributed by atoms with Gasteiger partial charge < -0.3 is 14.2 Å². The van der Waals surface area contributed by atoms with Crippen LogP contribution in [0.3, 0.4) is 0 Å². The number of rotatable bonds is 46. The zero-order chi connectivity index (χ0) is 44.4. The molecule has 0 saturated heterocycles. The molecule has 0 N–H and O–H groups in total. The van der Waals surface area contributed by atoms with Gasteiger partial charge in [0.1, 0.15) is 13.2 Å². The van der Waals surface area contributed by atoms with Crippen molar-refractivity contribution < 1.29 is 28.6 Å². The molecule has 61 heavy (non-hydrogen) atoms. The number of carbonyl (C=O) groups excluding carboxylic acids is 3. The molecule has 0 aliphatic carbocycles. The maximum Gasteiger partial charge on any atom is 0.306 e. The Balaban J connectivity index is 4.42. The van der Waals surface area contributed by atoms with Crippen molar-refractivity contribution in [1.29, 1.82) is 0 Å². The van der Waals surface area contributed by atoms with Crippen LogP contribution >= 0.6 is 0 Å². The highest BCUT2D eigenvalue weighted by molar-refractivity contribution is 5.71. The number of carbonyl (C=O) groups is 3. The van der Waals surface area contributed by atoms with Crippen molar-refractivity contribution >= 4 is 17.9 Å². The molecule has 0 aliphatic rings. The third kappa shape index (κ3) is 48.0. The van der Waals surface area contributed by atoms with E-state index in [0.717, 1.165) is 103 Å². The molecule has 0 rings (SSSR count). The third-order valence-electron chi connectivity index (χ3n) is 11.0. The van der Waals surface area contributed by atoms with Crippen LogP contribution in [0, 0.1) is 0 Å². The average Bonchev–Trinajstić information content (AvgIpc) is 3.26. The lowest BCUT2D eigenvalue weighted by atomic mass is 10.1. The molecular formula is C55H96O6. The summed E-state index contributed by atoms with van der Waals surface area (Å²) in [5, 5.41) is 0. The molecule has 352 valence electrons. The predicted octanol–water partition coefficient (Wildman–Crippen LogP) is 16.9.